The van der Waals surface area contributed by atoms with Gasteiger partial charge in [0.1, 0.15) is 30.4 Å². The fourth-order valence-electron chi connectivity index (χ4n) is 9.48. The Morgan fingerprint density at radius 2 is 1.69 bits per heavy atom. The van der Waals surface area contributed by atoms with E-state index in [0.29, 0.717) is 41.6 Å². The molecule has 12 nitrogen and oxygen atoms in total. The number of ether oxygens (including phenoxy) is 6. The Morgan fingerprint density at radius 1 is 0.949 bits per heavy atom. The van der Waals surface area contributed by atoms with Gasteiger partial charge in [-0.2, -0.15) is 0 Å². The van der Waals surface area contributed by atoms with Gasteiger partial charge in [0.15, 0.2) is 11.5 Å². The number of oxime groups is 1. The summed E-state index contributed by atoms with van der Waals surface area (Å²) in [5, 5.41) is 24.5. The van der Waals surface area contributed by atoms with Gasteiger partial charge < -0.3 is 43.5 Å². The number of amides is 1. The van der Waals surface area contributed by atoms with E-state index in [1.807, 2.05) is 42.5 Å². The topological polar surface area (TPSA) is 138 Å². The molecule has 59 heavy (non-hydrogen) atoms. The number of allylic oxidation sites excluding steroid dienone is 1. The Bertz CT molecular complexity index is 2030. The fraction of sp³-hybridized carbons (Fsp3) is 0.489. The van der Waals surface area contributed by atoms with Crippen LogP contribution < -0.4 is 18.9 Å². The number of hydrogen-bond donors (Lipinski definition) is 2. The molecule has 7 rings (SSSR count). The smallest absolute Gasteiger partial charge is 0.410 e. The van der Waals surface area contributed by atoms with E-state index >= 15 is 0 Å². The number of nitrogens with zero attached hydrogens (tertiary/aromatic N) is 2. The number of aryl methyl sites for hydroxylation is 2. The van der Waals surface area contributed by atoms with Crippen LogP contribution in [0.25, 0.3) is 0 Å². The highest BCUT2D eigenvalue weighted by atomic mass is 16.7. The zero-order valence-electron chi connectivity index (χ0n) is 34.7. The van der Waals surface area contributed by atoms with Crippen LogP contribution in [0.5, 0.6) is 28.7 Å². The number of carbonyl (C=O) groups is 1. The molecule has 0 radical (unpaired) electrons. The molecule has 0 saturated heterocycles. The molecule has 3 aromatic carbocycles. The van der Waals surface area contributed by atoms with Crippen LogP contribution in [0.1, 0.15) is 80.0 Å². The van der Waals surface area contributed by atoms with Gasteiger partial charge in [0, 0.05) is 37.7 Å². The Morgan fingerprint density at radius 3 is 2.44 bits per heavy atom. The zero-order chi connectivity index (χ0) is 41.5. The number of rotatable bonds is 18. The van der Waals surface area contributed by atoms with Crippen molar-refractivity contribution in [2.24, 2.45) is 22.9 Å². The van der Waals surface area contributed by atoms with Crippen LogP contribution in [0.2, 0.25) is 0 Å². The van der Waals surface area contributed by atoms with Gasteiger partial charge in [-0.15, -0.1) is 6.58 Å². The molecule has 1 amide bonds. The SMILES string of the molecule is C=CCOC12Oc3ccc(Oc4ccc(C)c(C)c4)cc3C3C(CCCCO)C(CCCCO)C=C(C(=NOC)CC1N(Cc1ccc4c(c1)OCO4)C(=O)OCC)C32. The third-order valence-electron chi connectivity index (χ3n) is 12.2. The van der Waals surface area contributed by atoms with E-state index in [-0.39, 0.29) is 63.9 Å². The lowest BCUT2D eigenvalue weighted by atomic mass is 9.55. The highest BCUT2D eigenvalue weighted by molar-refractivity contribution is 6.03. The van der Waals surface area contributed by atoms with Gasteiger partial charge >= 0.3 is 6.09 Å². The molecule has 4 aliphatic rings. The molecule has 12 heteroatoms. The first-order valence-electron chi connectivity index (χ1n) is 20.9. The average Bonchev–Trinajstić information content (AvgIpc) is 3.71. The third-order valence-corrected chi connectivity index (χ3v) is 12.2. The quantitative estimate of drug-likeness (QED) is 0.0729. The molecule has 2 aliphatic carbocycles. The predicted molar refractivity (Wildman–Crippen MR) is 223 cm³/mol. The second-order valence-electron chi connectivity index (χ2n) is 15.8. The maximum atomic E-state index is 14.4. The summed E-state index contributed by atoms with van der Waals surface area (Å²) in [6, 6.07) is 16.9. The van der Waals surface area contributed by atoms with E-state index in [4.69, 9.17) is 33.3 Å². The maximum absolute atomic E-state index is 14.4. The second-order valence-corrected chi connectivity index (χ2v) is 15.8. The van der Waals surface area contributed by atoms with E-state index < -0.39 is 23.8 Å². The van der Waals surface area contributed by atoms with Crippen molar-refractivity contribution in [3.63, 3.8) is 0 Å². The lowest BCUT2D eigenvalue weighted by Crippen LogP contribution is -2.70. The number of aliphatic hydroxyl groups is 2. The summed E-state index contributed by atoms with van der Waals surface area (Å²) in [5.74, 6) is 1.33. The van der Waals surface area contributed by atoms with Crippen molar-refractivity contribution in [1.29, 1.82) is 0 Å². The first-order chi connectivity index (χ1) is 28.7. The Kier molecular flexibility index (Phi) is 13.5. The number of aliphatic hydroxyl groups excluding tert-OH is 2. The molecule has 2 N–H and O–H groups in total. The van der Waals surface area contributed by atoms with Crippen LogP contribution in [0, 0.1) is 31.6 Å². The fourth-order valence-corrected chi connectivity index (χ4v) is 9.48. The first kappa shape index (κ1) is 42.1. The average molecular weight is 811 g/mol. The van der Waals surface area contributed by atoms with Crippen molar-refractivity contribution >= 4 is 11.8 Å². The van der Waals surface area contributed by atoms with Gasteiger partial charge in [-0.05, 0) is 123 Å². The molecule has 1 saturated carbocycles. The lowest BCUT2D eigenvalue weighted by Gasteiger charge is -2.59. The largest absolute Gasteiger partial charge is 0.459 e. The summed E-state index contributed by atoms with van der Waals surface area (Å²) in [6.07, 6.45) is 8.38. The molecule has 6 unspecified atom stereocenters. The van der Waals surface area contributed by atoms with Crippen LogP contribution in [-0.2, 0) is 20.9 Å². The van der Waals surface area contributed by atoms with Crippen molar-refractivity contribution in [2.75, 3.05) is 40.3 Å². The molecule has 2 aliphatic heterocycles. The van der Waals surface area contributed by atoms with Crippen LogP contribution in [0.4, 0.5) is 4.79 Å². The van der Waals surface area contributed by atoms with Crippen LogP contribution in [0.3, 0.4) is 0 Å². The van der Waals surface area contributed by atoms with E-state index in [1.165, 1.54) is 12.7 Å². The lowest BCUT2D eigenvalue weighted by molar-refractivity contribution is -0.256. The van der Waals surface area contributed by atoms with Crippen molar-refractivity contribution in [1.82, 2.24) is 4.90 Å². The van der Waals surface area contributed by atoms with Crippen molar-refractivity contribution in [2.45, 2.75) is 90.0 Å². The third kappa shape index (κ3) is 8.67. The van der Waals surface area contributed by atoms with Gasteiger partial charge in [0.25, 0.3) is 0 Å². The molecule has 1 fully saturated rings. The molecule has 316 valence electrons. The Hall–Kier alpha value is -5.04. The molecule has 0 aromatic heterocycles. The summed E-state index contributed by atoms with van der Waals surface area (Å²) in [7, 11) is 1.54. The summed E-state index contributed by atoms with van der Waals surface area (Å²) in [6.45, 7) is 10.8. The van der Waals surface area contributed by atoms with Crippen molar-refractivity contribution < 1.29 is 48.3 Å². The summed E-state index contributed by atoms with van der Waals surface area (Å²) < 4.78 is 38.1. The molecule has 0 bridgehead atoms. The van der Waals surface area contributed by atoms with Gasteiger partial charge in [-0.25, -0.2) is 4.79 Å². The first-order valence-corrected chi connectivity index (χ1v) is 20.9. The highest BCUT2D eigenvalue weighted by Gasteiger charge is 2.65. The number of unbranched alkanes of at least 4 members (excludes halogenated alkanes) is 2. The monoisotopic (exact) mass is 810 g/mol. The molecular formula is C47H58N2O10. The van der Waals surface area contributed by atoms with E-state index in [0.717, 1.165) is 53.7 Å². The maximum Gasteiger partial charge on any atom is 0.410 e. The molecule has 6 atom stereocenters. The molecule has 2 heterocycles. The molecule has 3 aromatic rings. The summed E-state index contributed by atoms with van der Waals surface area (Å²) >= 11 is 0. The number of fused-ring (bicyclic) bond motifs is 3. The highest BCUT2D eigenvalue weighted by Crippen LogP contribution is 2.62. The zero-order valence-corrected chi connectivity index (χ0v) is 34.7. The van der Waals surface area contributed by atoms with Gasteiger partial charge in [0.05, 0.1) is 24.8 Å². The number of hydrogen-bond acceptors (Lipinski definition) is 11. The van der Waals surface area contributed by atoms with E-state index in [1.54, 1.807) is 17.9 Å². The second kappa shape index (κ2) is 18.9. The van der Waals surface area contributed by atoms with E-state index in [9.17, 15) is 15.0 Å². The minimum absolute atomic E-state index is 0.0627. The predicted octanol–water partition coefficient (Wildman–Crippen LogP) is 8.75. The Balaban J connectivity index is 1.43. The van der Waals surface area contributed by atoms with Gasteiger partial charge in [-0.3, -0.25) is 4.90 Å². The standard InChI is InChI=1S/C47H58N2O10/c1-6-22-57-47-43(49(46(52)54-7-2)28-32-15-18-41-42(24-32)56-29-55-41)27-39(48-53-5)37-25-33(12-8-10-20-50)36(13-9-11-21-51)44(45(37)47)38-26-35(17-19-40(38)59-47)58-34-16-14-30(3)31(4)23-34/h6,14-19,23-26,33,36,43-45,50-51H,1,7-13,20-22,27-29H2,2-5H3. The van der Waals surface area contributed by atoms with Crippen molar-refractivity contribution in [3.05, 3.63) is 101 Å². The normalized spacial score (nSPS) is 24.3. The Labute approximate surface area is 347 Å². The number of benzene rings is 3. The van der Waals surface area contributed by atoms with Gasteiger partial charge in [0.2, 0.25) is 12.6 Å². The van der Waals surface area contributed by atoms with Crippen LogP contribution in [0.15, 0.2) is 84.1 Å². The minimum Gasteiger partial charge on any atom is -0.459 e. The van der Waals surface area contributed by atoms with Crippen LogP contribution >= 0.6 is 0 Å². The summed E-state index contributed by atoms with van der Waals surface area (Å²) in [4.78, 5) is 21.7. The van der Waals surface area contributed by atoms with Crippen LogP contribution in [-0.4, -0.2) is 79.1 Å². The van der Waals surface area contributed by atoms with E-state index in [2.05, 4.69) is 43.8 Å². The minimum atomic E-state index is -1.44. The summed E-state index contributed by atoms with van der Waals surface area (Å²) in [5.41, 5.74) is 5.74. The molecule has 0 spiro atoms. The number of carbonyl (C=O) groups excluding carboxylic acids is 1. The van der Waals surface area contributed by atoms with Gasteiger partial charge in [-0.1, -0.05) is 42.3 Å². The molecular weight excluding hydrogens is 753 g/mol. The van der Waals surface area contributed by atoms with Crippen molar-refractivity contribution in [3.8, 4) is 28.7 Å².